The van der Waals surface area contributed by atoms with E-state index in [2.05, 4.69) is 158 Å². The van der Waals surface area contributed by atoms with Gasteiger partial charge in [0.1, 0.15) is 30.5 Å². The van der Waals surface area contributed by atoms with Crippen LogP contribution < -0.4 is 0 Å². The Labute approximate surface area is 422 Å². The number of hydrogen-bond acceptors (Lipinski definition) is 11. The molecule has 6 atom stereocenters. The van der Waals surface area contributed by atoms with E-state index in [1.54, 1.807) is 0 Å². The van der Waals surface area contributed by atoms with Gasteiger partial charge in [-0.05, 0) is 109 Å². The second-order valence-corrected chi connectivity index (χ2v) is 17.7. The van der Waals surface area contributed by atoms with Crippen LogP contribution in [0, 0.1) is 0 Å². The molecule has 6 unspecified atom stereocenters. The summed E-state index contributed by atoms with van der Waals surface area (Å²) < 4.78 is 59.1. The van der Waals surface area contributed by atoms with Crippen molar-refractivity contribution in [2.45, 2.75) is 179 Å². The number of esters is 1. The molecule has 0 aromatic carbocycles. The quantitative estimate of drug-likeness (QED) is 0.0197. The van der Waals surface area contributed by atoms with E-state index in [1.165, 1.54) is 0 Å². The van der Waals surface area contributed by atoms with E-state index in [0.29, 0.717) is 19.4 Å². The lowest BCUT2D eigenvalue weighted by atomic mass is 9.99. The predicted octanol–water partition coefficient (Wildman–Crippen LogP) is 12.1. The van der Waals surface area contributed by atoms with Gasteiger partial charge in [-0.15, -0.1) is 0 Å². The van der Waals surface area contributed by atoms with Crippen LogP contribution in [0.5, 0.6) is 0 Å². The Balaban J connectivity index is 2.43. The lowest BCUT2D eigenvalue weighted by Gasteiger charge is -2.41. The number of rotatable bonds is 42. The largest absolute Gasteiger partial charge is 0.457 e. The van der Waals surface area contributed by atoms with Crippen molar-refractivity contribution in [1.82, 2.24) is 0 Å². The van der Waals surface area contributed by atoms with Gasteiger partial charge in [0.05, 0.1) is 19.8 Å². The van der Waals surface area contributed by atoms with Crippen LogP contribution in [0.1, 0.15) is 142 Å². The third kappa shape index (κ3) is 38.7. The molecule has 4 N–H and O–H groups in total. The Morgan fingerprint density at radius 2 is 0.943 bits per heavy atom. The number of ether oxygens (including phenoxy) is 4. The molecule has 1 fully saturated rings. The molecule has 0 aromatic rings. The fourth-order valence-corrected chi connectivity index (χ4v) is 7.19. The first kappa shape index (κ1) is 64.0. The maximum absolute atomic E-state index is 12.9. The average Bonchev–Trinajstić information content (AvgIpc) is 3.34. The van der Waals surface area contributed by atoms with Gasteiger partial charge < -0.3 is 34.3 Å². The Morgan fingerprint density at radius 3 is 1.36 bits per heavy atom. The topological polar surface area (TPSA) is 178 Å². The first-order valence-corrected chi connectivity index (χ1v) is 27.0. The molecule has 0 saturated carbocycles. The van der Waals surface area contributed by atoms with E-state index >= 15 is 0 Å². The van der Waals surface area contributed by atoms with Crippen molar-refractivity contribution in [1.29, 1.82) is 0 Å². The van der Waals surface area contributed by atoms with Gasteiger partial charge in [0, 0.05) is 13.0 Å². The second-order valence-electron chi connectivity index (χ2n) is 16.6. The monoisotopic (exact) mass is 997 g/mol. The van der Waals surface area contributed by atoms with E-state index in [9.17, 15) is 33.1 Å². The normalized spacial score (nSPS) is 20.3. The van der Waals surface area contributed by atoms with Gasteiger partial charge in [-0.25, -0.2) is 4.18 Å². The summed E-state index contributed by atoms with van der Waals surface area (Å²) in [7, 11) is -5.09. The molecule has 1 aliphatic heterocycles. The standard InChI is InChI=1S/C57H88O12S/c1-3-5-7-9-11-13-15-17-19-21-22-23-24-25-26-27-28-29-31-33-35-37-39-41-43-45-47-65-49-51(50-66-57-55(61)56(69-70(62,63)64)54(60)52(48-58)68-57)67-53(59)46-44-42-40-38-36-34-32-30-20-18-16-14-12-10-8-6-4-2/h5-8,11-14,17-20,22-23,25-26,28-29,32-35,38,40,51-52,54-58,60-61H,3-4,9-10,15-16,21,24,27,30-31,36-37,39,41-50H2,1-2H3,(H,62,63,64)/b7-5-,8-6-,13-11-,14-12-,19-17-,20-18-,23-22-,26-25-,29-28-,34-32-,35-33-,40-38-. The molecular formula is C57H88O12S. The van der Waals surface area contributed by atoms with Crippen molar-refractivity contribution in [3.63, 3.8) is 0 Å². The Morgan fingerprint density at radius 1 is 0.543 bits per heavy atom. The molecule has 13 heteroatoms. The van der Waals surface area contributed by atoms with Crippen LogP contribution in [-0.4, -0.2) is 97.5 Å². The van der Waals surface area contributed by atoms with Crippen LogP contribution in [0.15, 0.2) is 146 Å². The average molecular weight is 997 g/mol. The Hall–Kier alpha value is -4.02. The van der Waals surface area contributed by atoms with Crippen LogP contribution in [0.25, 0.3) is 0 Å². The molecule has 1 heterocycles. The van der Waals surface area contributed by atoms with E-state index < -0.39 is 59.8 Å². The minimum Gasteiger partial charge on any atom is -0.457 e. The lowest BCUT2D eigenvalue weighted by Crippen LogP contribution is -2.60. The molecule has 0 aromatic heterocycles. The summed E-state index contributed by atoms with van der Waals surface area (Å²) in [5, 5.41) is 30.8. The summed E-state index contributed by atoms with van der Waals surface area (Å²) in [5.74, 6) is -0.472. The minimum absolute atomic E-state index is 0.0162. The molecule has 0 amide bonds. The van der Waals surface area contributed by atoms with Crippen LogP contribution in [-0.2, 0) is 38.3 Å². The highest BCUT2D eigenvalue weighted by molar-refractivity contribution is 7.80. The van der Waals surface area contributed by atoms with Crippen molar-refractivity contribution in [3.8, 4) is 0 Å². The third-order valence-electron chi connectivity index (χ3n) is 10.5. The van der Waals surface area contributed by atoms with Crippen molar-refractivity contribution in [2.24, 2.45) is 0 Å². The highest BCUT2D eigenvalue weighted by atomic mass is 32.3. The first-order valence-electron chi connectivity index (χ1n) is 25.6. The highest BCUT2D eigenvalue weighted by Crippen LogP contribution is 2.26. The van der Waals surface area contributed by atoms with Crippen LogP contribution in [0.3, 0.4) is 0 Å². The molecule has 0 aliphatic carbocycles. The minimum atomic E-state index is -5.09. The third-order valence-corrected chi connectivity index (χ3v) is 10.9. The van der Waals surface area contributed by atoms with E-state index in [4.69, 9.17) is 18.9 Å². The summed E-state index contributed by atoms with van der Waals surface area (Å²) in [6.07, 6.45) is 60.3. The van der Waals surface area contributed by atoms with Crippen molar-refractivity contribution < 1.29 is 56.2 Å². The summed E-state index contributed by atoms with van der Waals surface area (Å²) in [6.45, 7) is 3.59. The van der Waals surface area contributed by atoms with E-state index in [1.807, 2.05) is 6.08 Å². The van der Waals surface area contributed by atoms with Gasteiger partial charge in [-0.3, -0.25) is 9.35 Å². The van der Waals surface area contributed by atoms with Crippen LogP contribution in [0.4, 0.5) is 0 Å². The number of allylic oxidation sites excluding steroid dienone is 24. The molecule has 394 valence electrons. The number of aliphatic hydroxyl groups excluding tert-OH is 3. The number of carbonyl (C=O) groups excluding carboxylic acids is 1. The van der Waals surface area contributed by atoms with Gasteiger partial charge >= 0.3 is 16.4 Å². The SMILES string of the molecule is CC/C=C\C/C=C\C/C=C\C/C=C\C/C=C\C/C=C\C/C=C\CCCCCCOCC(COC1OC(CO)C(O)C(OS(=O)(=O)O)C1O)OC(=O)CCC/C=C\C/C=C\C/C=C\C/C=C\C/C=C\CC. The molecule has 0 bridgehead atoms. The Kier molecular flexibility index (Phi) is 42.1. The highest BCUT2D eigenvalue weighted by Gasteiger charge is 2.48. The summed E-state index contributed by atoms with van der Waals surface area (Å²) >= 11 is 0. The lowest BCUT2D eigenvalue weighted by molar-refractivity contribution is -0.301. The van der Waals surface area contributed by atoms with Gasteiger partial charge in [0.15, 0.2) is 6.29 Å². The molecular weight excluding hydrogens is 909 g/mol. The molecule has 70 heavy (non-hydrogen) atoms. The Bertz CT molecular complexity index is 1770. The van der Waals surface area contributed by atoms with Crippen molar-refractivity contribution in [2.75, 3.05) is 26.4 Å². The zero-order valence-electron chi connectivity index (χ0n) is 42.3. The molecule has 12 nitrogen and oxygen atoms in total. The summed E-state index contributed by atoms with van der Waals surface area (Å²) in [6, 6.07) is 0. The number of carbonyl (C=O) groups is 1. The summed E-state index contributed by atoms with van der Waals surface area (Å²) in [4.78, 5) is 12.9. The number of hydrogen-bond donors (Lipinski definition) is 4. The van der Waals surface area contributed by atoms with Crippen LogP contribution in [0.2, 0.25) is 0 Å². The molecule has 0 radical (unpaired) electrons. The van der Waals surface area contributed by atoms with Gasteiger partial charge in [0.2, 0.25) is 0 Å². The molecule has 1 rings (SSSR count). The number of aliphatic hydroxyl groups is 3. The fourth-order valence-electron chi connectivity index (χ4n) is 6.69. The zero-order chi connectivity index (χ0) is 51.0. The van der Waals surface area contributed by atoms with Crippen molar-refractivity contribution in [3.05, 3.63) is 146 Å². The van der Waals surface area contributed by atoms with Gasteiger partial charge in [-0.1, -0.05) is 173 Å². The number of unbranched alkanes of at least 4 members (excludes halogenated alkanes) is 5. The second kappa shape index (κ2) is 46.1. The van der Waals surface area contributed by atoms with E-state index in [-0.39, 0.29) is 19.6 Å². The van der Waals surface area contributed by atoms with Gasteiger partial charge in [-0.2, -0.15) is 8.42 Å². The maximum atomic E-state index is 12.9. The molecule has 0 spiro atoms. The fraction of sp³-hybridized carbons (Fsp3) is 0.561. The maximum Gasteiger partial charge on any atom is 0.397 e. The van der Waals surface area contributed by atoms with Crippen molar-refractivity contribution >= 4 is 16.4 Å². The smallest absolute Gasteiger partial charge is 0.397 e. The predicted molar refractivity (Wildman–Crippen MR) is 284 cm³/mol. The van der Waals surface area contributed by atoms with E-state index in [0.717, 1.165) is 109 Å². The zero-order valence-corrected chi connectivity index (χ0v) is 43.1. The van der Waals surface area contributed by atoms with Gasteiger partial charge in [0.25, 0.3) is 0 Å². The first-order chi connectivity index (χ1) is 34.1. The summed E-state index contributed by atoms with van der Waals surface area (Å²) in [5.41, 5.74) is 0. The molecule has 1 aliphatic rings. The van der Waals surface area contributed by atoms with Crippen LogP contribution >= 0.6 is 0 Å². The molecule has 1 saturated heterocycles.